The Morgan fingerprint density at radius 3 is 2.33 bits per heavy atom. The van der Waals surface area contributed by atoms with Crippen LogP contribution in [-0.4, -0.2) is 94.7 Å². The second-order valence-electron chi connectivity index (χ2n) is 12.5. The lowest BCUT2D eigenvalue weighted by atomic mass is 9.83. The smallest absolute Gasteiger partial charge is 0.270 e. The lowest BCUT2D eigenvalue weighted by Crippen LogP contribution is -2.55. The lowest BCUT2D eigenvalue weighted by Gasteiger charge is -2.36. The highest BCUT2D eigenvalue weighted by Gasteiger charge is 2.32. The van der Waals surface area contributed by atoms with Crippen LogP contribution in [0.3, 0.4) is 0 Å². The third-order valence-corrected chi connectivity index (χ3v) is 9.21. The standard InChI is InChI=1S/C36H50N8O4/c1-5-26(16-18-37-3)25-43-20-22-44(23-21-43)36(48)30(40-32(45)6-2)24-27-12-14-29(15-13-27)39-35(47)33(28-10-8-7-9-11-28)41-34(46)31-17-19-38-42(31)4/h5,12-19,28,30,33H,3,6-11,20-25H2,1-2,4H3,(H,39,47)(H,40,45)(H,41,46)/b18-16-,26-5+/t30-,33+/m1/s1. The Labute approximate surface area is 283 Å². The van der Waals surface area contributed by atoms with E-state index in [1.165, 1.54) is 4.68 Å². The van der Waals surface area contributed by atoms with E-state index in [4.69, 9.17) is 0 Å². The number of allylic oxidation sites excluding steroid dienone is 1. The third-order valence-electron chi connectivity index (χ3n) is 9.21. The molecule has 1 aromatic heterocycles. The van der Waals surface area contributed by atoms with Gasteiger partial charge in [0.2, 0.25) is 17.7 Å². The number of piperazine rings is 1. The summed E-state index contributed by atoms with van der Waals surface area (Å²) in [6, 6.07) is 7.57. The van der Waals surface area contributed by atoms with Gasteiger partial charge in [0.1, 0.15) is 17.8 Å². The van der Waals surface area contributed by atoms with Gasteiger partial charge in [-0.05, 0) is 67.8 Å². The molecule has 1 aliphatic carbocycles. The van der Waals surface area contributed by atoms with E-state index in [0.29, 0.717) is 30.9 Å². The van der Waals surface area contributed by atoms with E-state index in [1.807, 2.05) is 36.1 Å². The minimum absolute atomic E-state index is 0.0440. The third kappa shape index (κ3) is 10.2. The van der Waals surface area contributed by atoms with Gasteiger partial charge in [-0.15, -0.1) is 0 Å². The Morgan fingerprint density at radius 2 is 1.73 bits per heavy atom. The molecule has 1 aromatic carbocycles. The van der Waals surface area contributed by atoms with Gasteiger partial charge in [-0.2, -0.15) is 5.10 Å². The topological polar surface area (TPSA) is 141 Å². The molecule has 0 spiro atoms. The largest absolute Gasteiger partial charge is 0.344 e. The van der Waals surface area contributed by atoms with Crippen molar-refractivity contribution in [2.24, 2.45) is 18.0 Å². The van der Waals surface area contributed by atoms with Crippen molar-refractivity contribution in [3.8, 4) is 0 Å². The van der Waals surface area contributed by atoms with Crippen molar-refractivity contribution in [2.75, 3.05) is 38.0 Å². The van der Waals surface area contributed by atoms with Crippen molar-refractivity contribution in [1.29, 1.82) is 0 Å². The number of amides is 4. The average Bonchev–Trinajstić information content (AvgIpc) is 3.55. The Morgan fingerprint density at radius 1 is 1.02 bits per heavy atom. The van der Waals surface area contributed by atoms with Crippen LogP contribution >= 0.6 is 0 Å². The molecule has 2 fully saturated rings. The van der Waals surface area contributed by atoms with Crippen LogP contribution < -0.4 is 16.0 Å². The molecule has 0 radical (unpaired) electrons. The number of aromatic nitrogens is 2. The van der Waals surface area contributed by atoms with Crippen LogP contribution in [0.4, 0.5) is 5.69 Å². The van der Waals surface area contributed by atoms with Crippen molar-refractivity contribution in [2.45, 2.75) is 70.9 Å². The zero-order valence-corrected chi connectivity index (χ0v) is 28.5. The number of anilines is 1. The summed E-state index contributed by atoms with van der Waals surface area (Å²) in [6.45, 7) is 10.6. The normalized spacial score (nSPS) is 17.5. The monoisotopic (exact) mass is 658 g/mol. The van der Waals surface area contributed by atoms with E-state index in [1.54, 1.807) is 44.6 Å². The van der Waals surface area contributed by atoms with Gasteiger partial charge in [0.25, 0.3) is 5.91 Å². The number of benzene rings is 1. The van der Waals surface area contributed by atoms with Crippen LogP contribution in [0.15, 0.2) is 65.4 Å². The summed E-state index contributed by atoms with van der Waals surface area (Å²) in [7, 11) is 1.70. The molecule has 258 valence electrons. The Hall–Kier alpha value is -4.58. The molecule has 12 heteroatoms. The molecule has 2 aliphatic rings. The summed E-state index contributed by atoms with van der Waals surface area (Å²) in [5.74, 6) is -0.832. The van der Waals surface area contributed by atoms with E-state index in [9.17, 15) is 19.2 Å². The van der Waals surface area contributed by atoms with Crippen molar-refractivity contribution >= 4 is 36.0 Å². The molecule has 48 heavy (non-hydrogen) atoms. The van der Waals surface area contributed by atoms with Crippen LogP contribution in [0.5, 0.6) is 0 Å². The summed E-state index contributed by atoms with van der Waals surface area (Å²) in [6.07, 6.45) is 12.7. The molecule has 1 aliphatic heterocycles. The molecular weight excluding hydrogens is 608 g/mol. The molecular formula is C36H50N8O4. The number of carbonyl (C=O) groups is 4. The van der Waals surface area contributed by atoms with Gasteiger partial charge in [0, 0.05) is 70.7 Å². The molecule has 1 saturated heterocycles. The maximum Gasteiger partial charge on any atom is 0.270 e. The van der Waals surface area contributed by atoms with Gasteiger partial charge in [0.15, 0.2) is 0 Å². The van der Waals surface area contributed by atoms with E-state index >= 15 is 0 Å². The fraction of sp³-hybridized carbons (Fsp3) is 0.500. The molecule has 0 bridgehead atoms. The molecule has 4 rings (SSSR count). The number of nitrogens with zero attached hydrogens (tertiary/aromatic N) is 5. The zero-order chi connectivity index (χ0) is 34.5. The van der Waals surface area contributed by atoms with Crippen molar-refractivity contribution in [1.82, 2.24) is 30.2 Å². The van der Waals surface area contributed by atoms with Gasteiger partial charge in [-0.25, -0.2) is 0 Å². The second-order valence-corrected chi connectivity index (χ2v) is 12.5. The van der Waals surface area contributed by atoms with Crippen LogP contribution in [0, 0.1) is 5.92 Å². The quantitative estimate of drug-likeness (QED) is 0.210. The van der Waals surface area contributed by atoms with Crippen LogP contribution in [-0.2, 0) is 27.9 Å². The minimum atomic E-state index is -0.699. The first-order valence-corrected chi connectivity index (χ1v) is 17.0. The Kier molecular flexibility index (Phi) is 13.7. The van der Waals surface area contributed by atoms with E-state index in [-0.39, 0.29) is 36.0 Å². The summed E-state index contributed by atoms with van der Waals surface area (Å²) in [4.78, 5) is 60.6. The number of carbonyl (C=O) groups excluding carboxylic acids is 4. The highest BCUT2D eigenvalue weighted by Crippen LogP contribution is 2.27. The summed E-state index contributed by atoms with van der Waals surface area (Å²) in [5, 5.41) is 13.0. The van der Waals surface area contributed by atoms with Gasteiger partial charge in [0.05, 0.1) is 0 Å². The Balaban J connectivity index is 1.38. The maximum atomic E-state index is 13.7. The van der Waals surface area contributed by atoms with Crippen LogP contribution in [0.2, 0.25) is 0 Å². The van der Waals surface area contributed by atoms with E-state index < -0.39 is 12.1 Å². The van der Waals surface area contributed by atoms with Crippen molar-refractivity contribution in [3.63, 3.8) is 0 Å². The van der Waals surface area contributed by atoms with Crippen molar-refractivity contribution in [3.05, 3.63) is 71.7 Å². The van der Waals surface area contributed by atoms with Gasteiger partial charge >= 0.3 is 0 Å². The average molecular weight is 659 g/mol. The number of rotatable bonds is 14. The number of hydrogen-bond donors (Lipinski definition) is 3. The first-order chi connectivity index (χ1) is 23.2. The van der Waals surface area contributed by atoms with Gasteiger partial charge in [-0.3, -0.25) is 33.8 Å². The maximum absolute atomic E-state index is 13.7. The summed E-state index contributed by atoms with van der Waals surface area (Å²) < 4.78 is 1.49. The summed E-state index contributed by atoms with van der Waals surface area (Å²) in [5.41, 5.74) is 2.98. The van der Waals surface area contributed by atoms with Gasteiger partial charge < -0.3 is 20.9 Å². The molecule has 2 heterocycles. The number of nitrogens with one attached hydrogen (secondary N) is 3. The summed E-state index contributed by atoms with van der Waals surface area (Å²) >= 11 is 0. The first kappa shape index (κ1) is 36.3. The predicted molar refractivity (Wildman–Crippen MR) is 188 cm³/mol. The minimum Gasteiger partial charge on any atom is -0.344 e. The fourth-order valence-corrected chi connectivity index (χ4v) is 6.35. The fourth-order valence-electron chi connectivity index (χ4n) is 6.35. The number of aliphatic imine (C=N–C) groups is 1. The molecule has 4 amide bonds. The van der Waals surface area contributed by atoms with Gasteiger partial charge in [-0.1, -0.05) is 44.4 Å². The van der Waals surface area contributed by atoms with Crippen LogP contribution in [0.25, 0.3) is 0 Å². The Bertz CT molecular complexity index is 1470. The molecule has 2 aromatic rings. The highest BCUT2D eigenvalue weighted by atomic mass is 16.2. The van der Waals surface area contributed by atoms with Crippen molar-refractivity contribution < 1.29 is 19.2 Å². The lowest BCUT2D eigenvalue weighted by molar-refractivity contribution is -0.137. The predicted octanol–water partition coefficient (Wildman–Crippen LogP) is 3.48. The number of aryl methyl sites for hydroxylation is 1. The molecule has 1 saturated carbocycles. The SMILES string of the molecule is C=N/C=C\C(=C/C)CN1CCN(C(=O)[C@@H](Cc2ccc(NC(=O)[C@@H](NC(=O)c3ccnn3C)C3CCCCC3)cc2)NC(=O)CC)CC1. The molecule has 2 atom stereocenters. The number of hydrogen-bond acceptors (Lipinski definition) is 7. The first-order valence-electron chi connectivity index (χ1n) is 17.0. The van der Waals surface area contributed by atoms with Crippen LogP contribution in [0.1, 0.15) is 68.4 Å². The second kappa shape index (κ2) is 18.1. The van der Waals surface area contributed by atoms with E-state index in [2.05, 4.69) is 37.7 Å². The molecule has 12 nitrogen and oxygen atoms in total. The zero-order valence-electron chi connectivity index (χ0n) is 28.5. The highest BCUT2D eigenvalue weighted by molar-refractivity contribution is 6.00. The molecule has 0 unspecified atom stereocenters. The molecule has 3 N–H and O–H groups in total. The van der Waals surface area contributed by atoms with E-state index in [0.717, 1.165) is 62.9 Å².